The monoisotopic (exact) mass is 234 g/mol. The van der Waals surface area contributed by atoms with Crippen LogP contribution < -0.4 is 11.1 Å². The van der Waals surface area contributed by atoms with Gasteiger partial charge in [-0.05, 0) is 42.5 Å². The molecule has 0 saturated heterocycles. The Hall–Kier alpha value is -1.88. The summed E-state index contributed by atoms with van der Waals surface area (Å²) in [6.07, 6.45) is 3.20. The standard InChI is InChI=1S/C12H14N2O3/c13-10(12(16)17)11(15)14-9-5-4-7-2-1-3-8(7)6-9/h4-6,10H,1-3,13H2,(H,14,15)(H,16,17). The van der Waals surface area contributed by atoms with Crippen molar-refractivity contribution in [2.45, 2.75) is 25.3 Å². The molecule has 1 amide bonds. The van der Waals surface area contributed by atoms with Crippen LogP contribution in [0.3, 0.4) is 0 Å². The maximum Gasteiger partial charge on any atom is 0.330 e. The van der Waals surface area contributed by atoms with E-state index in [1.54, 1.807) is 6.07 Å². The number of nitrogens with two attached hydrogens (primary N) is 1. The lowest BCUT2D eigenvalue weighted by molar-refractivity contribution is -0.141. The van der Waals surface area contributed by atoms with Gasteiger partial charge in [-0.2, -0.15) is 0 Å². The van der Waals surface area contributed by atoms with Gasteiger partial charge in [0.25, 0.3) is 5.91 Å². The molecule has 0 radical (unpaired) electrons. The fourth-order valence-corrected chi connectivity index (χ4v) is 1.98. The van der Waals surface area contributed by atoms with Crippen LogP contribution >= 0.6 is 0 Å². The van der Waals surface area contributed by atoms with E-state index in [9.17, 15) is 9.59 Å². The van der Waals surface area contributed by atoms with Gasteiger partial charge in [-0.25, -0.2) is 4.79 Å². The molecule has 0 heterocycles. The van der Waals surface area contributed by atoms with Gasteiger partial charge in [0.1, 0.15) is 0 Å². The Morgan fingerprint density at radius 3 is 2.71 bits per heavy atom. The maximum atomic E-state index is 11.4. The van der Waals surface area contributed by atoms with E-state index in [0.29, 0.717) is 5.69 Å². The van der Waals surface area contributed by atoms with E-state index in [4.69, 9.17) is 10.8 Å². The highest BCUT2D eigenvalue weighted by molar-refractivity contribution is 6.07. The highest BCUT2D eigenvalue weighted by atomic mass is 16.4. The van der Waals surface area contributed by atoms with E-state index in [2.05, 4.69) is 5.32 Å². The van der Waals surface area contributed by atoms with Crippen molar-refractivity contribution in [3.63, 3.8) is 0 Å². The zero-order valence-corrected chi connectivity index (χ0v) is 9.27. The zero-order valence-electron chi connectivity index (χ0n) is 9.27. The Labute approximate surface area is 98.6 Å². The van der Waals surface area contributed by atoms with Crippen LogP contribution in [0.15, 0.2) is 18.2 Å². The lowest BCUT2D eigenvalue weighted by Crippen LogP contribution is -2.42. The fourth-order valence-electron chi connectivity index (χ4n) is 1.98. The molecule has 4 N–H and O–H groups in total. The van der Waals surface area contributed by atoms with E-state index < -0.39 is 17.9 Å². The molecule has 90 valence electrons. The molecule has 1 atom stereocenters. The van der Waals surface area contributed by atoms with Gasteiger partial charge < -0.3 is 16.2 Å². The van der Waals surface area contributed by atoms with E-state index in [-0.39, 0.29) is 0 Å². The zero-order chi connectivity index (χ0) is 12.4. The number of aryl methyl sites for hydroxylation is 2. The number of fused-ring (bicyclic) bond motifs is 1. The van der Waals surface area contributed by atoms with Crippen molar-refractivity contribution in [1.29, 1.82) is 0 Å². The second-order valence-electron chi connectivity index (χ2n) is 4.14. The molecule has 0 spiro atoms. The molecule has 17 heavy (non-hydrogen) atoms. The number of rotatable bonds is 3. The molecule has 1 aliphatic carbocycles. The van der Waals surface area contributed by atoms with Gasteiger partial charge in [-0.15, -0.1) is 0 Å². The quantitative estimate of drug-likeness (QED) is 0.665. The molecule has 5 nitrogen and oxygen atoms in total. The van der Waals surface area contributed by atoms with Crippen LogP contribution in [-0.4, -0.2) is 23.0 Å². The van der Waals surface area contributed by atoms with Crippen molar-refractivity contribution in [3.8, 4) is 0 Å². The first-order valence-corrected chi connectivity index (χ1v) is 5.49. The minimum Gasteiger partial charge on any atom is -0.480 e. The Bertz CT molecular complexity index is 471. The number of hydrogen-bond acceptors (Lipinski definition) is 3. The van der Waals surface area contributed by atoms with Gasteiger partial charge in [0.15, 0.2) is 6.04 Å². The summed E-state index contributed by atoms with van der Waals surface area (Å²) in [4.78, 5) is 22.0. The second kappa shape index (κ2) is 4.55. The largest absolute Gasteiger partial charge is 0.480 e. The number of carboxylic acid groups (broad SMARTS) is 1. The molecule has 5 heteroatoms. The third-order valence-corrected chi connectivity index (χ3v) is 2.91. The number of aliphatic carboxylic acids is 1. The minimum absolute atomic E-state index is 0.604. The molecular formula is C12H14N2O3. The van der Waals surface area contributed by atoms with Gasteiger partial charge in [0.2, 0.25) is 0 Å². The Morgan fingerprint density at radius 2 is 2.00 bits per heavy atom. The summed E-state index contributed by atoms with van der Waals surface area (Å²) in [6.45, 7) is 0. The van der Waals surface area contributed by atoms with Crippen molar-refractivity contribution < 1.29 is 14.7 Å². The molecule has 0 bridgehead atoms. The van der Waals surface area contributed by atoms with Crippen LogP contribution in [0.5, 0.6) is 0 Å². The molecule has 1 unspecified atom stereocenters. The summed E-state index contributed by atoms with van der Waals surface area (Å²) in [5.74, 6) is -2.03. The highest BCUT2D eigenvalue weighted by Gasteiger charge is 2.21. The van der Waals surface area contributed by atoms with Crippen LogP contribution in [0.2, 0.25) is 0 Å². The number of carbonyl (C=O) groups is 2. The number of carbonyl (C=O) groups excluding carboxylic acids is 1. The van der Waals surface area contributed by atoms with Gasteiger partial charge in [0.05, 0.1) is 0 Å². The lowest BCUT2D eigenvalue weighted by Gasteiger charge is -2.09. The van der Waals surface area contributed by atoms with Crippen molar-refractivity contribution >= 4 is 17.6 Å². The number of carboxylic acids is 1. The van der Waals surface area contributed by atoms with Crippen molar-refractivity contribution in [3.05, 3.63) is 29.3 Å². The minimum atomic E-state index is -1.52. The van der Waals surface area contributed by atoms with Crippen LogP contribution in [-0.2, 0) is 22.4 Å². The molecule has 1 aromatic carbocycles. The number of anilines is 1. The first-order valence-electron chi connectivity index (χ1n) is 5.49. The van der Waals surface area contributed by atoms with E-state index in [1.807, 2.05) is 12.1 Å². The third-order valence-electron chi connectivity index (χ3n) is 2.91. The lowest BCUT2D eigenvalue weighted by atomic mass is 10.1. The summed E-state index contributed by atoms with van der Waals surface area (Å²) in [5, 5.41) is 11.1. The van der Waals surface area contributed by atoms with Crippen LogP contribution in [0, 0.1) is 0 Å². The summed E-state index contributed by atoms with van der Waals surface area (Å²) in [7, 11) is 0. The van der Waals surface area contributed by atoms with Crippen molar-refractivity contribution in [2.24, 2.45) is 5.73 Å². The number of nitrogens with one attached hydrogen (secondary N) is 1. The first kappa shape index (κ1) is 11.6. The Balaban J connectivity index is 2.09. The molecule has 0 aromatic heterocycles. The molecule has 0 saturated carbocycles. The second-order valence-corrected chi connectivity index (χ2v) is 4.14. The van der Waals surface area contributed by atoms with Gasteiger partial charge in [-0.1, -0.05) is 6.07 Å². The predicted octanol–water partition coefficient (Wildman–Crippen LogP) is 0.526. The van der Waals surface area contributed by atoms with Gasteiger partial charge >= 0.3 is 5.97 Å². The average molecular weight is 234 g/mol. The molecule has 1 aromatic rings. The van der Waals surface area contributed by atoms with Crippen LogP contribution in [0.4, 0.5) is 5.69 Å². The summed E-state index contributed by atoms with van der Waals surface area (Å²) < 4.78 is 0. The number of amides is 1. The molecule has 0 fully saturated rings. The normalized spacial score (nSPS) is 15.1. The summed E-state index contributed by atoms with van der Waals surface area (Å²) >= 11 is 0. The molecule has 0 aliphatic heterocycles. The number of hydrogen-bond donors (Lipinski definition) is 3. The Kier molecular flexibility index (Phi) is 3.10. The first-order chi connectivity index (χ1) is 8.08. The molecule has 2 rings (SSSR count). The van der Waals surface area contributed by atoms with Crippen LogP contribution in [0.1, 0.15) is 17.5 Å². The van der Waals surface area contributed by atoms with E-state index >= 15 is 0 Å². The topological polar surface area (TPSA) is 92.4 Å². The highest BCUT2D eigenvalue weighted by Crippen LogP contribution is 2.24. The van der Waals surface area contributed by atoms with E-state index in [0.717, 1.165) is 19.3 Å². The summed E-state index contributed by atoms with van der Waals surface area (Å²) in [5.41, 5.74) is 8.32. The molecule has 1 aliphatic rings. The van der Waals surface area contributed by atoms with Crippen LogP contribution in [0.25, 0.3) is 0 Å². The van der Waals surface area contributed by atoms with Crippen molar-refractivity contribution in [1.82, 2.24) is 0 Å². The fraction of sp³-hybridized carbons (Fsp3) is 0.333. The molecular weight excluding hydrogens is 220 g/mol. The SMILES string of the molecule is NC(C(=O)O)C(=O)Nc1ccc2c(c1)CCC2. The predicted molar refractivity (Wildman–Crippen MR) is 62.7 cm³/mol. The maximum absolute atomic E-state index is 11.4. The van der Waals surface area contributed by atoms with Gasteiger partial charge in [-0.3, -0.25) is 4.79 Å². The third kappa shape index (κ3) is 2.45. The Morgan fingerprint density at radius 1 is 1.29 bits per heavy atom. The van der Waals surface area contributed by atoms with E-state index in [1.165, 1.54) is 11.1 Å². The summed E-state index contributed by atoms with van der Waals surface area (Å²) in [6, 6.07) is 4.10. The smallest absolute Gasteiger partial charge is 0.330 e. The van der Waals surface area contributed by atoms with Crippen molar-refractivity contribution in [2.75, 3.05) is 5.32 Å². The van der Waals surface area contributed by atoms with Gasteiger partial charge in [0, 0.05) is 5.69 Å². The number of benzene rings is 1. The average Bonchev–Trinajstić information content (AvgIpc) is 2.74.